The molecule has 2 aromatic carbocycles. The Hall–Kier alpha value is -3.02. The van der Waals surface area contributed by atoms with Gasteiger partial charge in [-0.05, 0) is 43.5 Å². The van der Waals surface area contributed by atoms with Crippen molar-refractivity contribution < 1.29 is 18.7 Å². The molecular formula is C22H22N2O4. The normalized spacial score (nSPS) is 16.8. The van der Waals surface area contributed by atoms with E-state index in [0.717, 1.165) is 42.0 Å². The Balaban J connectivity index is 1.44. The molecule has 0 atom stereocenters. The highest BCUT2D eigenvalue weighted by atomic mass is 16.5. The van der Waals surface area contributed by atoms with E-state index in [1.165, 1.54) is 0 Å². The minimum atomic E-state index is -0.0121. The van der Waals surface area contributed by atoms with Gasteiger partial charge in [0.05, 0.1) is 13.7 Å². The zero-order valence-electron chi connectivity index (χ0n) is 15.8. The van der Waals surface area contributed by atoms with Crippen LogP contribution in [0.2, 0.25) is 0 Å². The third-order valence-corrected chi connectivity index (χ3v) is 5.33. The third-order valence-electron chi connectivity index (χ3n) is 5.33. The quantitative estimate of drug-likeness (QED) is 0.685. The first-order valence-electron chi connectivity index (χ1n) is 9.71. The molecule has 2 aliphatic rings. The second-order valence-corrected chi connectivity index (χ2v) is 7.39. The smallest absolute Gasteiger partial charge is 0.254 e. The summed E-state index contributed by atoms with van der Waals surface area (Å²) >= 11 is 0. The van der Waals surface area contributed by atoms with Gasteiger partial charge < -0.3 is 18.8 Å². The predicted octanol–water partition coefficient (Wildman–Crippen LogP) is 4.14. The van der Waals surface area contributed by atoms with E-state index in [0.29, 0.717) is 42.5 Å². The van der Waals surface area contributed by atoms with Gasteiger partial charge in [-0.2, -0.15) is 0 Å². The number of carbonyl (C=O) groups excluding carboxylic acids is 1. The third kappa shape index (κ3) is 3.09. The maximum atomic E-state index is 13.2. The summed E-state index contributed by atoms with van der Waals surface area (Å²) in [6.07, 6.45) is 3.04. The van der Waals surface area contributed by atoms with Gasteiger partial charge in [0.25, 0.3) is 5.91 Å². The van der Waals surface area contributed by atoms with E-state index < -0.39 is 0 Å². The van der Waals surface area contributed by atoms with Gasteiger partial charge in [0, 0.05) is 30.1 Å². The Kier molecular flexibility index (Phi) is 4.19. The highest BCUT2D eigenvalue weighted by Crippen LogP contribution is 2.40. The second kappa shape index (κ2) is 6.86. The number of ether oxygens (including phenoxy) is 2. The van der Waals surface area contributed by atoms with Crippen molar-refractivity contribution in [3.63, 3.8) is 0 Å². The maximum absolute atomic E-state index is 13.2. The second-order valence-electron chi connectivity index (χ2n) is 7.39. The zero-order chi connectivity index (χ0) is 19.1. The minimum absolute atomic E-state index is 0.0121. The summed E-state index contributed by atoms with van der Waals surface area (Å²) in [5.74, 6) is 2.66. The topological polar surface area (TPSA) is 64.8 Å². The maximum Gasteiger partial charge on any atom is 0.254 e. The molecule has 0 saturated heterocycles. The molecule has 1 fully saturated rings. The molecule has 3 aromatic rings. The van der Waals surface area contributed by atoms with Crippen LogP contribution < -0.4 is 9.47 Å². The molecule has 1 aliphatic heterocycles. The van der Waals surface area contributed by atoms with Crippen LogP contribution in [-0.2, 0) is 6.54 Å². The Labute approximate surface area is 163 Å². The van der Waals surface area contributed by atoms with E-state index in [-0.39, 0.29) is 5.91 Å². The average molecular weight is 378 g/mol. The number of rotatable bonds is 3. The summed E-state index contributed by atoms with van der Waals surface area (Å²) in [5, 5.41) is 0. The lowest BCUT2D eigenvalue weighted by molar-refractivity contribution is 0.0721. The fourth-order valence-electron chi connectivity index (χ4n) is 3.66. The van der Waals surface area contributed by atoms with Crippen LogP contribution in [0.1, 0.15) is 47.0 Å². The van der Waals surface area contributed by atoms with Crippen LogP contribution in [0.3, 0.4) is 0 Å². The largest absolute Gasteiger partial charge is 0.493 e. The fourth-order valence-corrected chi connectivity index (χ4v) is 3.66. The lowest BCUT2D eigenvalue weighted by atomic mass is 10.1. The molecule has 1 amide bonds. The highest BCUT2D eigenvalue weighted by Gasteiger charge is 2.29. The van der Waals surface area contributed by atoms with E-state index >= 15 is 0 Å². The van der Waals surface area contributed by atoms with Crippen LogP contribution in [0.4, 0.5) is 0 Å². The number of carbonyl (C=O) groups is 1. The van der Waals surface area contributed by atoms with Gasteiger partial charge in [-0.15, -0.1) is 0 Å². The number of nitrogens with zero attached hydrogens (tertiary/aromatic N) is 2. The fraction of sp³-hybridized carbons (Fsp3) is 0.364. The lowest BCUT2D eigenvalue weighted by Crippen LogP contribution is -2.33. The number of para-hydroxylation sites is 1. The average Bonchev–Trinajstić information content (AvgIpc) is 3.46. The number of amides is 1. The molecule has 0 spiro atoms. The Bertz CT molecular complexity index is 1040. The Morgan fingerprint density at radius 3 is 2.96 bits per heavy atom. The van der Waals surface area contributed by atoms with E-state index in [9.17, 15) is 4.79 Å². The molecule has 0 N–H and O–H groups in total. The van der Waals surface area contributed by atoms with Crippen molar-refractivity contribution in [2.24, 2.45) is 0 Å². The van der Waals surface area contributed by atoms with Crippen molar-refractivity contribution in [3.8, 4) is 11.5 Å². The van der Waals surface area contributed by atoms with Gasteiger partial charge in [0.1, 0.15) is 5.52 Å². The van der Waals surface area contributed by atoms with E-state index in [1.807, 2.05) is 41.3 Å². The number of benzene rings is 2. The molecule has 0 bridgehead atoms. The van der Waals surface area contributed by atoms with Crippen molar-refractivity contribution in [1.29, 1.82) is 0 Å². The molecule has 5 rings (SSSR count). The molecule has 144 valence electrons. The van der Waals surface area contributed by atoms with Gasteiger partial charge in [-0.25, -0.2) is 4.98 Å². The van der Waals surface area contributed by atoms with Gasteiger partial charge >= 0.3 is 0 Å². The number of hydrogen-bond acceptors (Lipinski definition) is 5. The summed E-state index contributed by atoms with van der Waals surface area (Å²) in [6, 6.07) is 11.3. The van der Waals surface area contributed by atoms with Crippen molar-refractivity contribution in [2.75, 3.05) is 20.3 Å². The van der Waals surface area contributed by atoms with E-state index in [4.69, 9.17) is 13.9 Å². The summed E-state index contributed by atoms with van der Waals surface area (Å²) < 4.78 is 17.2. The summed E-state index contributed by atoms with van der Waals surface area (Å²) in [7, 11) is 1.63. The predicted molar refractivity (Wildman–Crippen MR) is 104 cm³/mol. The zero-order valence-corrected chi connectivity index (χ0v) is 15.8. The summed E-state index contributed by atoms with van der Waals surface area (Å²) in [6.45, 7) is 1.66. The molecular weight excluding hydrogens is 356 g/mol. The van der Waals surface area contributed by atoms with Crippen LogP contribution >= 0.6 is 0 Å². The van der Waals surface area contributed by atoms with Crippen LogP contribution in [0.15, 0.2) is 40.8 Å². The van der Waals surface area contributed by atoms with Crippen molar-refractivity contribution >= 4 is 17.0 Å². The van der Waals surface area contributed by atoms with Gasteiger partial charge in [-0.1, -0.05) is 12.1 Å². The van der Waals surface area contributed by atoms with Crippen LogP contribution in [0.5, 0.6) is 11.5 Å². The highest BCUT2D eigenvalue weighted by molar-refractivity contribution is 5.97. The van der Waals surface area contributed by atoms with Gasteiger partial charge in [0.15, 0.2) is 23.0 Å². The SMILES string of the molecule is COc1cccc2c1OCCCN(C(=O)c1ccc3nc(C4CC4)oc3c1)C2. The summed E-state index contributed by atoms with van der Waals surface area (Å²) in [4.78, 5) is 19.6. The molecule has 6 heteroatoms. The lowest BCUT2D eigenvalue weighted by Gasteiger charge is -2.27. The van der Waals surface area contributed by atoms with Crippen LogP contribution in [-0.4, -0.2) is 36.1 Å². The first kappa shape index (κ1) is 17.1. The molecule has 1 aliphatic carbocycles. The number of hydrogen-bond donors (Lipinski definition) is 0. The monoisotopic (exact) mass is 378 g/mol. The molecule has 6 nitrogen and oxygen atoms in total. The molecule has 2 heterocycles. The molecule has 1 saturated carbocycles. The van der Waals surface area contributed by atoms with E-state index in [1.54, 1.807) is 7.11 Å². The molecule has 28 heavy (non-hydrogen) atoms. The standard InChI is InChI=1S/C22H22N2O4/c1-26-18-5-2-4-16-13-24(10-3-11-27-20(16)18)22(25)15-8-9-17-19(12-15)28-21(23-17)14-6-7-14/h2,4-5,8-9,12,14H,3,6-7,10-11,13H2,1H3. The number of aromatic nitrogens is 1. The summed E-state index contributed by atoms with van der Waals surface area (Å²) in [5.41, 5.74) is 3.07. The first-order chi connectivity index (χ1) is 13.7. The van der Waals surface area contributed by atoms with Crippen molar-refractivity contribution in [3.05, 3.63) is 53.4 Å². The number of oxazole rings is 1. The molecule has 0 unspecified atom stereocenters. The molecule has 1 aromatic heterocycles. The van der Waals surface area contributed by atoms with E-state index in [2.05, 4.69) is 4.98 Å². The Morgan fingerprint density at radius 1 is 1.25 bits per heavy atom. The first-order valence-corrected chi connectivity index (χ1v) is 9.71. The van der Waals surface area contributed by atoms with Gasteiger partial charge in [0.2, 0.25) is 0 Å². The van der Waals surface area contributed by atoms with Crippen LogP contribution in [0.25, 0.3) is 11.1 Å². The molecule has 0 radical (unpaired) electrons. The van der Waals surface area contributed by atoms with Crippen LogP contribution in [0, 0.1) is 0 Å². The number of fused-ring (bicyclic) bond motifs is 2. The van der Waals surface area contributed by atoms with Crippen molar-refractivity contribution in [1.82, 2.24) is 9.88 Å². The van der Waals surface area contributed by atoms with Gasteiger partial charge in [-0.3, -0.25) is 4.79 Å². The van der Waals surface area contributed by atoms with Crippen molar-refractivity contribution in [2.45, 2.75) is 31.7 Å². The minimum Gasteiger partial charge on any atom is -0.493 e. The number of methoxy groups -OCH3 is 1. The Morgan fingerprint density at radius 2 is 2.14 bits per heavy atom.